The van der Waals surface area contributed by atoms with Crippen molar-refractivity contribution in [2.75, 3.05) is 40.9 Å². The zero-order valence-corrected chi connectivity index (χ0v) is 21.8. The van der Waals surface area contributed by atoms with Gasteiger partial charge in [-0.05, 0) is 43.0 Å². The van der Waals surface area contributed by atoms with Crippen LogP contribution in [-0.4, -0.2) is 46.5 Å². The number of nitrogens with one attached hydrogen (secondary N) is 1. The summed E-state index contributed by atoms with van der Waals surface area (Å²) in [6.07, 6.45) is 0.962. The first-order chi connectivity index (χ1) is 17.9. The van der Waals surface area contributed by atoms with Crippen LogP contribution in [0.3, 0.4) is 0 Å². The summed E-state index contributed by atoms with van der Waals surface area (Å²) >= 11 is 0. The lowest BCUT2D eigenvalue weighted by Gasteiger charge is -2.35. The van der Waals surface area contributed by atoms with Gasteiger partial charge in [-0.2, -0.15) is 0 Å². The van der Waals surface area contributed by atoms with Crippen molar-refractivity contribution in [2.24, 2.45) is 0 Å². The summed E-state index contributed by atoms with van der Waals surface area (Å²) in [7, 11) is 7.92. The number of benzene rings is 2. The van der Waals surface area contributed by atoms with Gasteiger partial charge in [-0.3, -0.25) is 4.79 Å². The molecule has 9 heteroatoms. The first-order valence-electron chi connectivity index (χ1n) is 12.0. The molecule has 1 aliphatic heterocycles. The van der Waals surface area contributed by atoms with Gasteiger partial charge in [0.15, 0.2) is 28.8 Å². The number of hydrogen-bond acceptors (Lipinski definition) is 9. The first kappa shape index (κ1) is 24.5. The highest BCUT2D eigenvalue weighted by molar-refractivity contribution is 6.02. The van der Waals surface area contributed by atoms with Crippen LogP contribution in [0, 0.1) is 6.92 Å². The van der Waals surface area contributed by atoms with E-state index < -0.39 is 5.92 Å². The van der Waals surface area contributed by atoms with Gasteiger partial charge in [0, 0.05) is 23.3 Å². The summed E-state index contributed by atoms with van der Waals surface area (Å²) in [4.78, 5) is 13.9. The molecule has 2 aromatic carbocycles. The maximum Gasteiger partial charge on any atom is 0.233 e. The quantitative estimate of drug-likeness (QED) is 0.475. The number of anilines is 1. The molecule has 0 unspecified atom stereocenters. The Labute approximate surface area is 215 Å². The number of allylic oxidation sites excluding steroid dienone is 2. The number of hydrogen-bond donors (Lipinski definition) is 1. The van der Waals surface area contributed by atoms with Gasteiger partial charge in [0.1, 0.15) is 0 Å². The fraction of sp³-hybridized carbons (Fsp3) is 0.357. The molecule has 2 atom stereocenters. The van der Waals surface area contributed by atoms with Crippen LogP contribution >= 0.6 is 0 Å². The number of fused-ring (bicyclic) bond motifs is 1. The van der Waals surface area contributed by atoms with E-state index in [9.17, 15) is 4.79 Å². The second kappa shape index (κ2) is 9.72. The standard InChI is InChI=1S/C28H30N2O7/c1-14-23-24(17-8-10-21(33-3)27(36-6)26(17)35-5)25-18(29-28(23)37-30-14)11-16(12-19(25)31)15-7-9-20(32-2)22(13-15)34-4/h7-10,13,16,24,29H,11-12H2,1-6H3/t16-,24+/m1/s1. The van der Waals surface area contributed by atoms with Crippen LogP contribution in [0.2, 0.25) is 0 Å². The van der Waals surface area contributed by atoms with Crippen molar-refractivity contribution in [1.29, 1.82) is 0 Å². The van der Waals surface area contributed by atoms with E-state index in [2.05, 4.69) is 10.5 Å². The number of nitrogens with zero attached hydrogens (tertiary/aromatic N) is 1. The highest BCUT2D eigenvalue weighted by Crippen LogP contribution is 2.53. The molecule has 1 aromatic heterocycles. The molecular weight excluding hydrogens is 476 g/mol. The van der Waals surface area contributed by atoms with E-state index in [-0.39, 0.29) is 11.7 Å². The SMILES string of the molecule is COc1ccc([C@H]2CC(=O)C3=C(C2)Nc2onc(C)c2[C@@H]3c2ccc(OC)c(OC)c2OC)cc1OC. The van der Waals surface area contributed by atoms with Gasteiger partial charge in [-0.25, -0.2) is 0 Å². The fourth-order valence-electron chi connectivity index (χ4n) is 5.48. The van der Waals surface area contributed by atoms with Crippen LogP contribution in [0.25, 0.3) is 0 Å². The second-order valence-electron chi connectivity index (χ2n) is 9.03. The third-order valence-electron chi connectivity index (χ3n) is 7.18. The van der Waals surface area contributed by atoms with Crippen molar-refractivity contribution in [3.05, 3.63) is 64.0 Å². The van der Waals surface area contributed by atoms with Crippen LogP contribution in [0.15, 0.2) is 46.1 Å². The highest BCUT2D eigenvalue weighted by atomic mass is 16.5. The Hall–Kier alpha value is -4.14. The van der Waals surface area contributed by atoms with Gasteiger partial charge >= 0.3 is 0 Å². The third kappa shape index (κ3) is 3.94. The minimum atomic E-state index is -0.439. The molecule has 0 radical (unpaired) electrons. The van der Waals surface area contributed by atoms with E-state index in [0.717, 1.165) is 22.4 Å². The number of carbonyl (C=O) groups excluding carboxylic acids is 1. The summed E-state index contributed by atoms with van der Waals surface area (Å²) in [6.45, 7) is 1.87. The lowest BCUT2D eigenvalue weighted by Crippen LogP contribution is -2.29. The number of aryl methyl sites for hydroxylation is 1. The molecule has 9 nitrogen and oxygen atoms in total. The summed E-state index contributed by atoms with van der Waals surface area (Å²) in [5.41, 5.74) is 4.77. The number of rotatable bonds is 7. The number of ketones is 1. The van der Waals surface area contributed by atoms with Crippen LogP contribution in [-0.2, 0) is 4.79 Å². The van der Waals surface area contributed by atoms with Crippen LogP contribution < -0.4 is 29.0 Å². The van der Waals surface area contributed by atoms with E-state index in [0.29, 0.717) is 58.7 Å². The fourth-order valence-corrected chi connectivity index (χ4v) is 5.48. The molecule has 0 fully saturated rings. The predicted octanol–water partition coefficient (Wildman–Crippen LogP) is 4.98. The Morgan fingerprint density at radius 3 is 2.24 bits per heavy atom. The Morgan fingerprint density at radius 1 is 0.865 bits per heavy atom. The Bertz CT molecular complexity index is 1390. The van der Waals surface area contributed by atoms with Gasteiger partial charge in [-0.15, -0.1) is 0 Å². The number of aromatic nitrogens is 1. The summed E-state index contributed by atoms with van der Waals surface area (Å²) < 4.78 is 33.5. The summed E-state index contributed by atoms with van der Waals surface area (Å²) in [5, 5.41) is 7.57. The van der Waals surface area contributed by atoms with E-state index >= 15 is 0 Å². The van der Waals surface area contributed by atoms with Crippen LogP contribution in [0.1, 0.15) is 47.1 Å². The zero-order valence-electron chi connectivity index (χ0n) is 21.8. The molecule has 0 bridgehead atoms. The smallest absolute Gasteiger partial charge is 0.233 e. The maximum absolute atomic E-state index is 13.9. The molecule has 194 valence electrons. The first-order valence-corrected chi connectivity index (χ1v) is 12.0. The average molecular weight is 507 g/mol. The maximum atomic E-state index is 13.9. The van der Waals surface area contributed by atoms with E-state index in [1.54, 1.807) is 35.5 Å². The zero-order chi connectivity index (χ0) is 26.3. The average Bonchev–Trinajstić information content (AvgIpc) is 3.30. The molecule has 2 heterocycles. The Balaban J connectivity index is 1.64. The van der Waals surface area contributed by atoms with Crippen molar-refractivity contribution in [1.82, 2.24) is 5.16 Å². The molecule has 5 rings (SSSR count). The summed E-state index contributed by atoms with van der Waals surface area (Å²) in [6, 6.07) is 9.51. The number of methoxy groups -OCH3 is 5. The molecule has 3 aromatic rings. The molecule has 1 N–H and O–H groups in total. The number of ether oxygens (including phenoxy) is 5. The third-order valence-corrected chi connectivity index (χ3v) is 7.18. The number of carbonyl (C=O) groups is 1. The highest BCUT2D eigenvalue weighted by Gasteiger charge is 2.43. The van der Waals surface area contributed by atoms with Crippen molar-refractivity contribution in [3.8, 4) is 28.7 Å². The molecule has 2 aliphatic rings. The monoisotopic (exact) mass is 506 g/mol. The van der Waals surface area contributed by atoms with E-state index in [1.807, 2.05) is 37.3 Å². The van der Waals surface area contributed by atoms with Gasteiger partial charge in [0.2, 0.25) is 11.6 Å². The normalized spacial score (nSPS) is 18.5. The number of Topliss-reactive ketones (excluding diaryl/α,β-unsaturated/α-hetero) is 1. The minimum absolute atomic E-state index is 0.0432. The topological polar surface area (TPSA) is 101 Å². The lowest BCUT2D eigenvalue weighted by molar-refractivity contribution is -0.116. The minimum Gasteiger partial charge on any atom is -0.493 e. The van der Waals surface area contributed by atoms with Crippen LogP contribution in [0.5, 0.6) is 28.7 Å². The Kier molecular flexibility index (Phi) is 6.45. The largest absolute Gasteiger partial charge is 0.493 e. The van der Waals surface area contributed by atoms with E-state index in [1.165, 1.54) is 0 Å². The molecule has 0 amide bonds. The molecule has 37 heavy (non-hydrogen) atoms. The van der Waals surface area contributed by atoms with Crippen molar-refractivity contribution in [3.63, 3.8) is 0 Å². The lowest BCUT2D eigenvalue weighted by atomic mass is 9.72. The van der Waals surface area contributed by atoms with Crippen molar-refractivity contribution < 1.29 is 33.0 Å². The van der Waals surface area contributed by atoms with Gasteiger partial charge < -0.3 is 33.5 Å². The van der Waals surface area contributed by atoms with Gasteiger partial charge in [0.25, 0.3) is 0 Å². The van der Waals surface area contributed by atoms with Gasteiger partial charge in [-0.1, -0.05) is 17.3 Å². The predicted molar refractivity (Wildman–Crippen MR) is 136 cm³/mol. The van der Waals surface area contributed by atoms with Crippen molar-refractivity contribution in [2.45, 2.75) is 31.6 Å². The molecule has 0 saturated carbocycles. The summed E-state index contributed by atoms with van der Waals surface area (Å²) in [5.74, 6) is 2.87. The molecule has 1 aliphatic carbocycles. The molecule has 0 saturated heterocycles. The van der Waals surface area contributed by atoms with Crippen LogP contribution in [0.4, 0.5) is 5.88 Å². The van der Waals surface area contributed by atoms with E-state index in [4.69, 9.17) is 28.2 Å². The molecule has 0 spiro atoms. The Morgan fingerprint density at radius 2 is 1.57 bits per heavy atom. The van der Waals surface area contributed by atoms with Crippen molar-refractivity contribution >= 4 is 11.7 Å². The van der Waals surface area contributed by atoms with Gasteiger partial charge in [0.05, 0.1) is 52.7 Å². The molecular formula is C28H30N2O7. The second-order valence-corrected chi connectivity index (χ2v) is 9.03.